The van der Waals surface area contributed by atoms with E-state index in [1.807, 2.05) is 6.08 Å². The number of rotatable bonds is 6. The highest BCUT2D eigenvalue weighted by molar-refractivity contribution is 7.80. The first-order valence-electron chi connectivity index (χ1n) is 11.7. The van der Waals surface area contributed by atoms with Gasteiger partial charge in [0.05, 0.1) is 13.2 Å². The van der Waals surface area contributed by atoms with Crippen molar-refractivity contribution in [3.8, 4) is 0 Å². The van der Waals surface area contributed by atoms with Gasteiger partial charge in [-0.05, 0) is 54.6 Å². The van der Waals surface area contributed by atoms with Crippen LogP contribution in [0.15, 0.2) is 30.4 Å². The number of imidazole rings is 1. The summed E-state index contributed by atoms with van der Waals surface area (Å²) in [6, 6.07) is 0. The number of nitrogens with zero attached hydrogens (tertiary/aromatic N) is 2. The Labute approximate surface area is 212 Å². The Bertz CT molecular complexity index is 901. The van der Waals surface area contributed by atoms with Gasteiger partial charge >= 0.3 is 5.97 Å². The molecule has 10 heteroatoms. The maximum atomic E-state index is 12.6. The van der Waals surface area contributed by atoms with E-state index in [0.717, 1.165) is 0 Å². The lowest BCUT2D eigenvalue weighted by molar-refractivity contribution is -0.137. The quantitative estimate of drug-likeness (QED) is 0.268. The van der Waals surface area contributed by atoms with Gasteiger partial charge in [0.2, 0.25) is 0 Å². The first-order valence-corrected chi connectivity index (χ1v) is 18.0. The van der Waals surface area contributed by atoms with Crippen LogP contribution in [0.1, 0.15) is 48.0 Å². The number of hydrogen-bond acceptors (Lipinski definition) is 7. The molecule has 0 radical (unpaired) electrons. The zero-order chi connectivity index (χ0) is 26.1. The molecule has 0 fully saturated rings. The monoisotopic (exact) mass is 526 g/mol. The number of methoxy groups -OCH3 is 1. The molecule has 34 heavy (non-hydrogen) atoms. The van der Waals surface area contributed by atoms with E-state index in [4.69, 9.17) is 30.5 Å². The minimum Gasteiger partial charge on any atom is -0.466 e. The summed E-state index contributed by atoms with van der Waals surface area (Å²) in [5.74, 6) is -0.372. The molecule has 0 aromatic carbocycles. The minimum absolute atomic E-state index is 0.0230. The number of esters is 1. The second-order valence-corrected chi connectivity index (χ2v) is 21.8. The van der Waals surface area contributed by atoms with E-state index in [1.165, 1.54) is 7.11 Å². The Balaban J connectivity index is 2.54. The number of hydrogen-bond donors (Lipinski definition) is 0. The van der Waals surface area contributed by atoms with Crippen LogP contribution in [0.5, 0.6) is 0 Å². The molecular formula is C24H42N2O5SSi2. The Morgan fingerprint density at radius 1 is 1.06 bits per heavy atom. The average molecular weight is 527 g/mol. The zero-order valence-electron chi connectivity index (χ0n) is 22.6. The molecule has 0 aliphatic heterocycles. The lowest BCUT2D eigenvalue weighted by Crippen LogP contribution is -2.56. The molecule has 0 bridgehead atoms. The van der Waals surface area contributed by atoms with Gasteiger partial charge in [-0.15, -0.1) is 0 Å². The minimum atomic E-state index is -2.23. The molecule has 1 aliphatic carbocycles. The maximum absolute atomic E-state index is 12.6. The van der Waals surface area contributed by atoms with E-state index in [0.29, 0.717) is 12.0 Å². The fraction of sp³-hybridized carbons (Fsp3) is 0.708. The van der Waals surface area contributed by atoms with Crippen molar-refractivity contribution >= 4 is 40.0 Å². The molecule has 1 heterocycles. The van der Waals surface area contributed by atoms with Crippen LogP contribution in [0.2, 0.25) is 36.3 Å². The molecule has 0 N–H and O–H groups in total. The number of carbonyl (C=O) groups excluding carboxylic acids is 1. The summed E-state index contributed by atoms with van der Waals surface area (Å²) in [7, 11) is -3.05. The molecule has 3 atom stereocenters. The normalized spacial score (nSPS) is 22.2. The lowest BCUT2D eigenvalue weighted by Gasteiger charge is -2.46. The smallest absolute Gasteiger partial charge is 0.333 e. The van der Waals surface area contributed by atoms with Crippen molar-refractivity contribution in [3.05, 3.63) is 30.4 Å². The topological polar surface area (TPSA) is 71.8 Å². The van der Waals surface area contributed by atoms with Crippen molar-refractivity contribution in [2.24, 2.45) is 0 Å². The Morgan fingerprint density at radius 2 is 1.62 bits per heavy atom. The fourth-order valence-electron chi connectivity index (χ4n) is 3.16. The van der Waals surface area contributed by atoms with Gasteiger partial charge < -0.3 is 18.3 Å². The third-order valence-electron chi connectivity index (χ3n) is 7.37. The fourth-order valence-corrected chi connectivity index (χ4v) is 5.94. The lowest BCUT2D eigenvalue weighted by atomic mass is 9.92. The van der Waals surface area contributed by atoms with Crippen molar-refractivity contribution in [2.75, 3.05) is 7.11 Å². The summed E-state index contributed by atoms with van der Waals surface area (Å²) in [5.41, 5.74) is 0.545. The van der Waals surface area contributed by atoms with Gasteiger partial charge in [-0.1, -0.05) is 41.5 Å². The Morgan fingerprint density at radius 3 is 2.09 bits per heavy atom. The van der Waals surface area contributed by atoms with E-state index in [2.05, 4.69) is 72.7 Å². The van der Waals surface area contributed by atoms with Crippen LogP contribution in [0.25, 0.3) is 0 Å². The molecule has 1 aliphatic rings. The number of ether oxygens (including phenoxy) is 2. The van der Waals surface area contributed by atoms with Crippen LogP contribution < -0.4 is 0 Å². The summed E-state index contributed by atoms with van der Waals surface area (Å²) in [6.07, 6.45) is 5.76. The second kappa shape index (κ2) is 10.3. The average Bonchev–Trinajstić information content (AvgIpc) is 3.22. The van der Waals surface area contributed by atoms with Gasteiger partial charge in [0, 0.05) is 24.4 Å². The SMILES string of the molecule is COC(=O)C1=C[C@@H](O[Si](C)(C)C(C)(C)C)[C@@H](OC(=S)n2ccnc2)[C@H](O[Si](C)(C)C(C)(C)C)C1. The van der Waals surface area contributed by atoms with Gasteiger partial charge in [0.25, 0.3) is 5.17 Å². The number of thiocarbonyl (C=S) groups is 1. The number of aromatic nitrogens is 2. The van der Waals surface area contributed by atoms with Crippen LogP contribution in [0.4, 0.5) is 0 Å². The summed E-state index contributed by atoms with van der Waals surface area (Å²) < 4.78 is 26.8. The van der Waals surface area contributed by atoms with Crippen LogP contribution in [-0.2, 0) is 23.1 Å². The zero-order valence-corrected chi connectivity index (χ0v) is 25.4. The standard InChI is InChI=1S/C24H42N2O5SSi2/c1-23(2,3)33(8,9)30-18-14-17(21(27)28-7)15-19(31-34(10,11)24(4,5)6)20(18)29-22(32)26-13-12-25-16-26/h12-14,16,18-20H,15H2,1-11H3/t18-,19-,20-/m1/s1. The summed E-state index contributed by atoms with van der Waals surface area (Å²) >= 11 is 5.59. The van der Waals surface area contributed by atoms with Gasteiger partial charge in [0.1, 0.15) is 12.4 Å². The summed E-state index contributed by atoms with van der Waals surface area (Å²) in [4.78, 5) is 16.7. The predicted molar refractivity (Wildman–Crippen MR) is 144 cm³/mol. The third-order valence-corrected chi connectivity index (χ3v) is 16.7. The molecule has 0 saturated carbocycles. The Hall–Kier alpha value is -1.34. The van der Waals surface area contributed by atoms with E-state index >= 15 is 0 Å². The van der Waals surface area contributed by atoms with Gasteiger partial charge in [-0.25, -0.2) is 9.78 Å². The van der Waals surface area contributed by atoms with Crippen LogP contribution in [-0.4, -0.2) is 62.8 Å². The molecule has 7 nitrogen and oxygen atoms in total. The van der Waals surface area contributed by atoms with E-state index in [1.54, 1.807) is 23.3 Å². The highest BCUT2D eigenvalue weighted by Crippen LogP contribution is 2.42. The van der Waals surface area contributed by atoms with Crippen molar-refractivity contribution in [1.82, 2.24) is 9.55 Å². The Kier molecular flexibility index (Phi) is 8.79. The molecule has 192 valence electrons. The van der Waals surface area contributed by atoms with Crippen molar-refractivity contribution in [3.63, 3.8) is 0 Å². The largest absolute Gasteiger partial charge is 0.466 e. The summed E-state index contributed by atoms with van der Waals surface area (Å²) in [6.45, 7) is 21.9. The molecule has 0 saturated heterocycles. The molecule has 0 spiro atoms. The highest BCUT2D eigenvalue weighted by atomic mass is 32.1. The van der Waals surface area contributed by atoms with Crippen molar-refractivity contribution < 1.29 is 23.1 Å². The van der Waals surface area contributed by atoms with E-state index in [9.17, 15) is 4.79 Å². The first kappa shape index (κ1) is 28.9. The molecule has 1 aromatic heterocycles. The number of carbonyl (C=O) groups is 1. The molecule has 1 aromatic rings. The van der Waals surface area contributed by atoms with Crippen molar-refractivity contribution in [1.29, 1.82) is 0 Å². The summed E-state index contributed by atoms with van der Waals surface area (Å²) in [5, 5.41) is 0.213. The van der Waals surface area contributed by atoms with Gasteiger partial charge in [-0.2, -0.15) is 0 Å². The van der Waals surface area contributed by atoms with Crippen LogP contribution >= 0.6 is 12.2 Å². The third kappa shape index (κ3) is 6.66. The molecule has 0 unspecified atom stereocenters. The van der Waals surface area contributed by atoms with Crippen LogP contribution in [0.3, 0.4) is 0 Å². The van der Waals surface area contributed by atoms with Crippen molar-refractivity contribution in [2.45, 2.75) is 103 Å². The van der Waals surface area contributed by atoms with Crippen LogP contribution in [0, 0.1) is 0 Å². The van der Waals surface area contributed by atoms with Gasteiger partial charge in [-0.3, -0.25) is 4.57 Å². The second-order valence-electron chi connectivity index (χ2n) is 12.0. The molecular weight excluding hydrogens is 485 g/mol. The maximum Gasteiger partial charge on any atom is 0.333 e. The highest BCUT2D eigenvalue weighted by Gasteiger charge is 2.48. The predicted octanol–water partition coefficient (Wildman–Crippen LogP) is 5.69. The molecule has 0 amide bonds. The first-order chi connectivity index (χ1) is 15.4. The van der Waals surface area contributed by atoms with E-state index < -0.39 is 34.9 Å². The van der Waals surface area contributed by atoms with E-state index in [-0.39, 0.29) is 21.2 Å². The molecule has 2 rings (SSSR count). The van der Waals surface area contributed by atoms with Gasteiger partial charge in [0.15, 0.2) is 22.7 Å².